The van der Waals surface area contributed by atoms with Crippen molar-refractivity contribution in [2.24, 2.45) is 5.92 Å². The fraction of sp³-hybridized carbons (Fsp3) is 0.417. The largest absolute Gasteiger partial charge is 0.294 e. The van der Waals surface area contributed by atoms with Crippen molar-refractivity contribution in [1.29, 1.82) is 0 Å². The molecule has 0 unspecified atom stereocenters. The molecule has 0 fully saturated rings. The van der Waals surface area contributed by atoms with Gasteiger partial charge in [-0.05, 0) is 6.42 Å². The maximum absolute atomic E-state index is 11.9. The number of hydrogen-bond donors (Lipinski definition) is 1. The van der Waals surface area contributed by atoms with Gasteiger partial charge in [0.2, 0.25) is 0 Å². The van der Waals surface area contributed by atoms with E-state index >= 15 is 0 Å². The van der Waals surface area contributed by atoms with Crippen molar-refractivity contribution >= 4 is 18.4 Å². The summed E-state index contributed by atoms with van der Waals surface area (Å²) in [7, 11) is 0. The van der Waals surface area contributed by atoms with Gasteiger partial charge in [0, 0.05) is 17.2 Å². The number of ketones is 1. The van der Waals surface area contributed by atoms with Gasteiger partial charge in [0.05, 0.1) is 0 Å². The van der Waals surface area contributed by atoms with Crippen LogP contribution in [0.3, 0.4) is 0 Å². The molecule has 0 radical (unpaired) electrons. The molecule has 0 heterocycles. The van der Waals surface area contributed by atoms with Crippen molar-refractivity contribution in [2.75, 3.05) is 5.75 Å². The fourth-order valence-corrected chi connectivity index (χ4v) is 1.84. The Bertz CT molecular complexity index is 282. The van der Waals surface area contributed by atoms with Crippen molar-refractivity contribution in [2.45, 2.75) is 19.8 Å². The molecule has 0 N–H and O–H groups in total. The third kappa shape index (κ3) is 2.88. The average molecular weight is 208 g/mol. The molecule has 0 aliphatic carbocycles. The van der Waals surface area contributed by atoms with Gasteiger partial charge < -0.3 is 0 Å². The molecule has 2 heteroatoms. The summed E-state index contributed by atoms with van der Waals surface area (Å²) in [6, 6.07) is 9.46. The van der Waals surface area contributed by atoms with E-state index < -0.39 is 0 Å². The number of hydrogen-bond acceptors (Lipinski definition) is 2. The third-order valence-corrected chi connectivity index (χ3v) is 2.73. The van der Waals surface area contributed by atoms with E-state index in [1.807, 2.05) is 30.3 Å². The smallest absolute Gasteiger partial charge is 0.166 e. The van der Waals surface area contributed by atoms with E-state index in [-0.39, 0.29) is 11.7 Å². The molecule has 0 bridgehead atoms. The quantitative estimate of drug-likeness (QED) is 0.581. The van der Waals surface area contributed by atoms with Crippen LogP contribution in [-0.4, -0.2) is 11.5 Å². The van der Waals surface area contributed by atoms with E-state index in [4.69, 9.17) is 0 Å². The third-order valence-electron chi connectivity index (χ3n) is 2.29. The highest BCUT2D eigenvalue weighted by Gasteiger charge is 2.16. The van der Waals surface area contributed by atoms with Gasteiger partial charge in [-0.1, -0.05) is 43.7 Å². The molecule has 0 aliphatic heterocycles. The Kier molecular flexibility index (Phi) is 4.74. The van der Waals surface area contributed by atoms with Crippen molar-refractivity contribution in [3.05, 3.63) is 35.9 Å². The summed E-state index contributed by atoms with van der Waals surface area (Å²) < 4.78 is 0. The Morgan fingerprint density at radius 3 is 2.50 bits per heavy atom. The molecule has 0 amide bonds. The molecule has 1 rings (SSSR count). The lowest BCUT2D eigenvalue weighted by molar-refractivity contribution is 0.0927. The van der Waals surface area contributed by atoms with E-state index in [1.54, 1.807) is 0 Å². The summed E-state index contributed by atoms with van der Waals surface area (Å²) in [5.41, 5.74) is 0.806. The zero-order valence-electron chi connectivity index (χ0n) is 8.44. The Balaban J connectivity index is 2.73. The minimum atomic E-state index is 0.0748. The van der Waals surface area contributed by atoms with Crippen LogP contribution in [0.25, 0.3) is 0 Å². The van der Waals surface area contributed by atoms with Crippen LogP contribution in [0.2, 0.25) is 0 Å². The van der Waals surface area contributed by atoms with Gasteiger partial charge in [-0.2, -0.15) is 12.6 Å². The minimum absolute atomic E-state index is 0.0748. The predicted octanol–water partition coefficient (Wildman–Crippen LogP) is 3.22. The van der Waals surface area contributed by atoms with Crippen LogP contribution in [0.5, 0.6) is 0 Å². The zero-order chi connectivity index (χ0) is 10.4. The number of carbonyl (C=O) groups excluding carboxylic acids is 1. The molecular weight excluding hydrogens is 192 g/mol. The Labute approximate surface area is 90.9 Å². The average Bonchev–Trinajstić information content (AvgIpc) is 2.26. The van der Waals surface area contributed by atoms with Crippen LogP contribution in [0, 0.1) is 5.92 Å². The lowest BCUT2D eigenvalue weighted by Crippen LogP contribution is -2.16. The predicted molar refractivity (Wildman–Crippen MR) is 63.0 cm³/mol. The molecule has 0 saturated heterocycles. The van der Waals surface area contributed by atoms with Crippen molar-refractivity contribution < 1.29 is 4.79 Å². The Morgan fingerprint density at radius 2 is 2.00 bits per heavy atom. The fourth-order valence-electron chi connectivity index (χ4n) is 1.49. The first-order chi connectivity index (χ1) is 6.79. The first-order valence-electron chi connectivity index (χ1n) is 4.99. The molecule has 14 heavy (non-hydrogen) atoms. The van der Waals surface area contributed by atoms with Gasteiger partial charge in [0.25, 0.3) is 0 Å². The molecule has 0 aromatic heterocycles. The highest BCUT2D eigenvalue weighted by molar-refractivity contribution is 7.80. The van der Waals surface area contributed by atoms with Gasteiger partial charge in [0.1, 0.15) is 0 Å². The van der Waals surface area contributed by atoms with E-state index in [2.05, 4.69) is 19.6 Å². The summed E-state index contributed by atoms with van der Waals surface area (Å²) >= 11 is 4.22. The van der Waals surface area contributed by atoms with E-state index in [9.17, 15) is 4.79 Å². The summed E-state index contributed by atoms with van der Waals surface area (Å²) in [6.07, 6.45) is 1.96. The Hall–Kier alpha value is -0.760. The Morgan fingerprint density at radius 1 is 1.36 bits per heavy atom. The van der Waals surface area contributed by atoms with E-state index in [0.29, 0.717) is 5.75 Å². The first kappa shape index (κ1) is 11.3. The summed E-state index contributed by atoms with van der Waals surface area (Å²) in [5, 5.41) is 0. The maximum atomic E-state index is 11.9. The zero-order valence-corrected chi connectivity index (χ0v) is 9.34. The van der Waals surface area contributed by atoms with E-state index in [1.165, 1.54) is 0 Å². The van der Waals surface area contributed by atoms with Crippen molar-refractivity contribution in [3.8, 4) is 0 Å². The normalized spacial score (nSPS) is 12.4. The number of carbonyl (C=O) groups is 1. The van der Waals surface area contributed by atoms with Gasteiger partial charge >= 0.3 is 0 Å². The van der Waals surface area contributed by atoms with Crippen molar-refractivity contribution in [3.63, 3.8) is 0 Å². The minimum Gasteiger partial charge on any atom is -0.294 e. The molecule has 0 aliphatic rings. The first-order valence-corrected chi connectivity index (χ1v) is 5.63. The van der Waals surface area contributed by atoms with Gasteiger partial charge in [-0.3, -0.25) is 4.79 Å². The molecule has 0 saturated carbocycles. The summed E-state index contributed by atoms with van der Waals surface area (Å²) in [5.74, 6) is 0.940. The lowest BCUT2D eigenvalue weighted by atomic mass is 9.95. The van der Waals surface area contributed by atoms with Crippen LogP contribution in [0.1, 0.15) is 30.1 Å². The van der Waals surface area contributed by atoms with Crippen LogP contribution in [0.4, 0.5) is 0 Å². The molecule has 1 nitrogen and oxygen atoms in total. The molecule has 1 aromatic carbocycles. The second-order valence-corrected chi connectivity index (χ2v) is 3.76. The summed E-state index contributed by atoms with van der Waals surface area (Å²) in [6.45, 7) is 2.09. The van der Waals surface area contributed by atoms with Crippen LogP contribution in [-0.2, 0) is 0 Å². The van der Waals surface area contributed by atoms with Crippen LogP contribution >= 0.6 is 12.6 Å². The number of benzene rings is 1. The molecule has 0 spiro atoms. The molecule has 1 atom stereocenters. The highest BCUT2D eigenvalue weighted by atomic mass is 32.1. The van der Waals surface area contributed by atoms with Gasteiger partial charge in [0.15, 0.2) is 5.78 Å². The van der Waals surface area contributed by atoms with Gasteiger partial charge in [-0.25, -0.2) is 0 Å². The summed E-state index contributed by atoms with van der Waals surface area (Å²) in [4.78, 5) is 11.9. The monoisotopic (exact) mass is 208 g/mol. The van der Waals surface area contributed by atoms with Crippen molar-refractivity contribution in [1.82, 2.24) is 0 Å². The van der Waals surface area contributed by atoms with Crippen LogP contribution in [0.15, 0.2) is 30.3 Å². The SMILES string of the molecule is CCC[C@@H](CS)C(=O)c1ccccc1. The number of thiol groups is 1. The molecular formula is C12H16OS. The molecule has 1 aromatic rings. The lowest BCUT2D eigenvalue weighted by Gasteiger charge is -2.11. The standard InChI is InChI=1S/C12H16OS/c1-2-6-11(9-14)12(13)10-7-4-3-5-8-10/h3-5,7-8,11,14H,2,6,9H2,1H3/t11-/m0/s1. The van der Waals surface area contributed by atoms with Crippen LogP contribution < -0.4 is 0 Å². The number of Topliss-reactive ketones (excluding diaryl/α,β-unsaturated/α-hetero) is 1. The topological polar surface area (TPSA) is 17.1 Å². The maximum Gasteiger partial charge on any atom is 0.166 e. The second-order valence-electron chi connectivity index (χ2n) is 3.40. The van der Waals surface area contributed by atoms with Gasteiger partial charge in [-0.15, -0.1) is 0 Å². The van der Waals surface area contributed by atoms with E-state index in [0.717, 1.165) is 18.4 Å². The second kappa shape index (κ2) is 5.86. The highest BCUT2D eigenvalue weighted by Crippen LogP contribution is 2.15. The molecule has 76 valence electrons. The number of rotatable bonds is 5.